The Morgan fingerprint density at radius 1 is 1.21 bits per heavy atom. The van der Waals surface area contributed by atoms with Gasteiger partial charge in [0.15, 0.2) is 0 Å². The molecule has 2 aromatic rings. The third-order valence-electron chi connectivity index (χ3n) is 3.13. The molecular formula is C14H16N2O3. The molecule has 0 fully saturated rings. The molecule has 0 radical (unpaired) electrons. The second-order valence-electron chi connectivity index (χ2n) is 4.83. The largest absolute Gasteiger partial charge is 0.481 e. The lowest BCUT2D eigenvalue weighted by Gasteiger charge is -2.15. The van der Waals surface area contributed by atoms with Gasteiger partial charge >= 0.3 is 5.97 Å². The third-order valence-corrected chi connectivity index (χ3v) is 3.13. The number of aromatic nitrogens is 2. The summed E-state index contributed by atoms with van der Waals surface area (Å²) in [5, 5.41) is 14.5. The molecule has 2 rings (SSSR count). The van der Waals surface area contributed by atoms with Crippen molar-refractivity contribution in [3.05, 3.63) is 40.3 Å². The average Bonchev–Trinajstić information content (AvgIpc) is 2.38. The van der Waals surface area contributed by atoms with Gasteiger partial charge in [-0.3, -0.25) is 9.59 Å². The van der Waals surface area contributed by atoms with Crippen molar-refractivity contribution in [3.8, 4) is 0 Å². The summed E-state index contributed by atoms with van der Waals surface area (Å²) in [5.41, 5.74) is 0.239. The molecule has 0 saturated carbocycles. The monoisotopic (exact) mass is 260 g/mol. The molecule has 5 nitrogen and oxygen atoms in total. The highest BCUT2D eigenvalue weighted by molar-refractivity contribution is 5.88. The molecule has 0 saturated heterocycles. The van der Waals surface area contributed by atoms with Crippen molar-refractivity contribution in [1.82, 2.24) is 9.78 Å². The molecular weight excluding hydrogens is 244 g/mol. The highest BCUT2D eigenvalue weighted by atomic mass is 16.4. The molecule has 19 heavy (non-hydrogen) atoms. The van der Waals surface area contributed by atoms with Crippen LogP contribution < -0.4 is 5.56 Å². The van der Waals surface area contributed by atoms with Crippen LogP contribution in [-0.2, 0) is 4.79 Å². The number of aliphatic carboxylic acids is 1. The van der Waals surface area contributed by atoms with Gasteiger partial charge < -0.3 is 5.11 Å². The summed E-state index contributed by atoms with van der Waals surface area (Å²) in [7, 11) is 0. The number of carbonyl (C=O) groups is 1. The Morgan fingerprint density at radius 2 is 1.79 bits per heavy atom. The average molecular weight is 260 g/mol. The van der Waals surface area contributed by atoms with Crippen LogP contribution in [0.5, 0.6) is 0 Å². The van der Waals surface area contributed by atoms with Gasteiger partial charge in [-0.05, 0) is 26.8 Å². The van der Waals surface area contributed by atoms with E-state index < -0.39 is 11.9 Å². The van der Waals surface area contributed by atoms with Crippen LogP contribution in [0.3, 0.4) is 0 Å². The Bertz CT molecular complexity index is 689. The number of carboxylic acid groups (broad SMARTS) is 1. The molecule has 0 amide bonds. The second-order valence-corrected chi connectivity index (χ2v) is 4.83. The van der Waals surface area contributed by atoms with E-state index in [4.69, 9.17) is 5.11 Å². The molecule has 1 aromatic carbocycles. The van der Waals surface area contributed by atoms with Crippen LogP contribution in [0.1, 0.15) is 38.4 Å². The van der Waals surface area contributed by atoms with E-state index in [1.54, 1.807) is 31.2 Å². The Morgan fingerprint density at radius 3 is 2.32 bits per heavy atom. The molecule has 0 aliphatic rings. The van der Waals surface area contributed by atoms with Crippen LogP contribution in [-0.4, -0.2) is 20.9 Å². The number of hydrogen-bond donors (Lipinski definition) is 1. The van der Waals surface area contributed by atoms with Gasteiger partial charge in [0, 0.05) is 5.39 Å². The first-order valence-corrected chi connectivity index (χ1v) is 6.17. The maximum atomic E-state index is 12.3. The Labute approximate surface area is 110 Å². The van der Waals surface area contributed by atoms with Gasteiger partial charge in [0.05, 0.1) is 23.0 Å². The van der Waals surface area contributed by atoms with Crippen molar-refractivity contribution in [1.29, 1.82) is 0 Å². The van der Waals surface area contributed by atoms with Gasteiger partial charge in [0.2, 0.25) is 0 Å². The smallest absolute Gasteiger partial charge is 0.312 e. The summed E-state index contributed by atoms with van der Waals surface area (Å²) >= 11 is 0. The minimum Gasteiger partial charge on any atom is -0.481 e. The molecule has 1 unspecified atom stereocenters. The number of carboxylic acids is 1. The third kappa shape index (κ3) is 2.23. The first-order chi connectivity index (χ1) is 8.93. The van der Waals surface area contributed by atoms with Crippen molar-refractivity contribution in [2.75, 3.05) is 0 Å². The molecule has 1 heterocycles. The highest BCUT2D eigenvalue weighted by Crippen LogP contribution is 2.22. The SMILES string of the molecule is CC(C(=O)O)c1nn(C(C)C)c(=O)c2ccccc12. The van der Waals surface area contributed by atoms with Crippen molar-refractivity contribution in [2.24, 2.45) is 0 Å². The molecule has 0 spiro atoms. The first kappa shape index (κ1) is 13.3. The van der Waals surface area contributed by atoms with E-state index in [2.05, 4.69) is 5.10 Å². The van der Waals surface area contributed by atoms with Gasteiger partial charge in [0.1, 0.15) is 0 Å². The summed E-state index contributed by atoms with van der Waals surface area (Å²) in [6, 6.07) is 6.88. The quantitative estimate of drug-likeness (QED) is 0.918. The zero-order valence-corrected chi connectivity index (χ0v) is 11.1. The van der Waals surface area contributed by atoms with Crippen LogP contribution in [0.15, 0.2) is 29.1 Å². The topological polar surface area (TPSA) is 72.2 Å². The molecule has 5 heteroatoms. The molecule has 0 bridgehead atoms. The Hall–Kier alpha value is -2.17. The molecule has 0 aliphatic heterocycles. The summed E-state index contributed by atoms with van der Waals surface area (Å²) in [5.74, 6) is -1.71. The minimum absolute atomic E-state index is 0.114. The fourth-order valence-corrected chi connectivity index (χ4v) is 2.02. The van der Waals surface area contributed by atoms with Crippen molar-refractivity contribution in [3.63, 3.8) is 0 Å². The predicted octanol–water partition coefficient (Wildman–Crippen LogP) is 2.17. The fourth-order valence-electron chi connectivity index (χ4n) is 2.02. The highest BCUT2D eigenvalue weighted by Gasteiger charge is 2.21. The van der Waals surface area contributed by atoms with E-state index in [0.29, 0.717) is 16.5 Å². The second kappa shape index (κ2) is 4.84. The predicted molar refractivity (Wildman–Crippen MR) is 72.4 cm³/mol. The van der Waals surface area contributed by atoms with E-state index in [-0.39, 0.29) is 11.6 Å². The van der Waals surface area contributed by atoms with Gasteiger partial charge in [0.25, 0.3) is 5.56 Å². The summed E-state index contributed by atoms with van der Waals surface area (Å²) in [6.07, 6.45) is 0. The van der Waals surface area contributed by atoms with Crippen LogP contribution in [0.25, 0.3) is 10.8 Å². The molecule has 1 aromatic heterocycles. The van der Waals surface area contributed by atoms with E-state index in [9.17, 15) is 9.59 Å². The maximum Gasteiger partial charge on any atom is 0.312 e. The van der Waals surface area contributed by atoms with Crippen molar-refractivity contribution in [2.45, 2.75) is 32.7 Å². The standard InChI is InChI=1S/C14H16N2O3/c1-8(2)16-13(17)11-7-5-4-6-10(11)12(15-16)9(3)14(18)19/h4-9H,1-3H3,(H,18,19). The van der Waals surface area contributed by atoms with Gasteiger partial charge in [-0.2, -0.15) is 5.10 Å². The zero-order chi connectivity index (χ0) is 14.2. The molecule has 1 atom stereocenters. The maximum absolute atomic E-state index is 12.3. The molecule has 1 N–H and O–H groups in total. The van der Waals surface area contributed by atoms with E-state index >= 15 is 0 Å². The van der Waals surface area contributed by atoms with Crippen LogP contribution in [0, 0.1) is 0 Å². The Balaban J connectivity index is 2.86. The number of fused-ring (bicyclic) bond motifs is 1. The van der Waals surface area contributed by atoms with Gasteiger partial charge in [-0.25, -0.2) is 4.68 Å². The van der Waals surface area contributed by atoms with E-state index in [1.165, 1.54) is 4.68 Å². The van der Waals surface area contributed by atoms with Crippen LogP contribution in [0.4, 0.5) is 0 Å². The van der Waals surface area contributed by atoms with Crippen LogP contribution >= 0.6 is 0 Å². The normalized spacial score (nSPS) is 12.8. The lowest BCUT2D eigenvalue weighted by Crippen LogP contribution is -2.27. The summed E-state index contributed by atoms with van der Waals surface area (Å²) in [6.45, 7) is 5.27. The first-order valence-electron chi connectivity index (χ1n) is 6.17. The van der Waals surface area contributed by atoms with Crippen molar-refractivity contribution >= 4 is 16.7 Å². The lowest BCUT2D eigenvalue weighted by atomic mass is 10.0. The Kier molecular flexibility index (Phi) is 3.38. The lowest BCUT2D eigenvalue weighted by molar-refractivity contribution is -0.138. The molecule has 100 valence electrons. The van der Waals surface area contributed by atoms with E-state index in [1.807, 2.05) is 13.8 Å². The number of nitrogens with zero attached hydrogens (tertiary/aromatic N) is 2. The van der Waals surface area contributed by atoms with Gasteiger partial charge in [-0.15, -0.1) is 0 Å². The fraction of sp³-hybridized carbons (Fsp3) is 0.357. The minimum atomic E-state index is -0.952. The summed E-state index contributed by atoms with van der Waals surface area (Å²) in [4.78, 5) is 23.4. The van der Waals surface area contributed by atoms with Crippen molar-refractivity contribution < 1.29 is 9.90 Å². The zero-order valence-electron chi connectivity index (χ0n) is 11.1. The van der Waals surface area contributed by atoms with Gasteiger partial charge in [-0.1, -0.05) is 18.2 Å². The van der Waals surface area contributed by atoms with E-state index in [0.717, 1.165) is 0 Å². The van der Waals surface area contributed by atoms with Crippen LogP contribution in [0.2, 0.25) is 0 Å². The number of hydrogen-bond acceptors (Lipinski definition) is 3. The number of rotatable bonds is 3. The summed E-state index contributed by atoms with van der Waals surface area (Å²) < 4.78 is 1.34. The molecule has 0 aliphatic carbocycles. The number of benzene rings is 1.